The summed E-state index contributed by atoms with van der Waals surface area (Å²) in [4.78, 5) is 25.6. The number of halogens is 1. The lowest BCUT2D eigenvalue weighted by Gasteiger charge is -2.20. The fraction of sp³-hybridized carbons (Fsp3) is 0.364. The number of anilines is 1. The average Bonchev–Trinajstić information content (AvgIpc) is 2.68. The van der Waals surface area contributed by atoms with Gasteiger partial charge < -0.3 is 20.3 Å². The molecule has 0 aromatic heterocycles. The molecule has 2 aromatic carbocycles. The highest BCUT2D eigenvalue weighted by atomic mass is 35.5. The summed E-state index contributed by atoms with van der Waals surface area (Å²) in [7, 11) is 3.34. The second kappa shape index (κ2) is 11.4. The average molecular weight is 419 g/mol. The number of rotatable bonds is 10. The van der Waals surface area contributed by atoms with E-state index in [0.717, 1.165) is 23.3 Å². The second-order valence-electron chi connectivity index (χ2n) is 7.02. The van der Waals surface area contributed by atoms with Crippen molar-refractivity contribution in [2.24, 2.45) is 0 Å². The van der Waals surface area contributed by atoms with Gasteiger partial charge in [0.2, 0.25) is 0 Å². The molecule has 2 amide bonds. The van der Waals surface area contributed by atoms with Crippen molar-refractivity contribution >= 4 is 29.1 Å². The van der Waals surface area contributed by atoms with Gasteiger partial charge in [-0.2, -0.15) is 0 Å². The number of amides is 2. The van der Waals surface area contributed by atoms with Crippen LogP contribution in [-0.2, 0) is 9.59 Å². The largest absolute Gasteiger partial charge is 0.495 e. The van der Waals surface area contributed by atoms with Gasteiger partial charge in [0.05, 0.1) is 25.9 Å². The van der Waals surface area contributed by atoms with Crippen LogP contribution in [0.4, 0.5) is 5.69 Å². The Morgan fingerprint density at radius 1 is 1.10 bits per heavy atom. The summed E-state index contributed by atoms with van der Waals surface area (Å²) < 4.78 is 5.24. The predicted molar refractivity (Wildman–Crippen MR) is 115 cm³/mol. The van der Waals surface area contributed by atoms with Crippen molar-refractivity contribution in [3.63, 3.8) is 0 Å². The second-order valence-corrected chi connectivity index (χ2v) is 7.46. The SMILES string of the molecule is CCC[C@@H](NC(=O)C[NH+](C)CC(=O)Nc1cc(Cl)ccc1OC)c1ccccc1. The Hall–Kier alpha value is -2.57. The van der Waals surface area contributed by atoms with Crippen molar-refractivity contribution in [2.75, 3.05) is 32.6 Å². The van der Waals surface area contributed by atoms with Crippen LogP contribution in [0.25, 0.3) is 0 Å². The quantitative estimate of drug-likeness (QED) is 0.555. The number of hydrogen-bond acceptors (Lipinski definition) is 3. The molecule has 2 rings (SSSR count). The maximum absolute atomic E-state index is 12.5. The van der Waals surface area contributed by atoms with Gasteiger partial charge in [0.15, 0.2) is 13.1 Å². The van der Waals surface area contributed by atoms with E-state index in [0.29, 0.717) is 16.5 Å². The highest BCUT2D eigenvalue weighted by molar-refractivity contribution is 6.31. The van der Waals surface area contributed by atoms with E-state index in [1.54, 1.807) is 18.2 Å². The molecule has 2 atom stereocenters. The molecule has 0 fully saturated rings. The first-order chi connectivity index (χ1) is 13.9. The maximum Gasteiger partial charge on any atom is 0.279 e. The smallest absolute Gasteiger partial charge is 0.279 e. The maximum atomic E-state index is 12.5. The Morgan fingerprint density at radius 3 is 2.45 bits per heavy atom. The number of benzene rings is 2. The number of carbonyl (C=O) groups excluding carboxylic acids is 2. The lowest BCUT2D eigenvalue weighted by molar-refractivity contribution is -0.862. The Kier molecular flexibility index (Phi) is 8.96. The summed E-state index contributed by atoms with van der Waals surface area (Å²) in [6, 6.07) is 14.9. The van der Waals surface area contributed by atoms with Crippen LogP contribution < -0.4 is 20.3 Å². The van der Waals surface area contributed by atoms with Crippen LogP contribution in [0.1, 0.15) is 31.4 Å². The minimum absolute atomic E-state index is 0.0222. The third-order valence-corrected chi connectivity index (χ3v) is 4.71. The van der Waals surface area contributed by atoms with Gasteiger partial charge in [-0.3, -0.25) is 9.59 Å². The molecule has 0 aliphatic heterocycles. The monoisotopic (exact) mass is 418 g/mol. The number of ether oxygens (including phenoxy) is 1. The highest BCUT2D eigenvalue weighted by Crippen LogP contribution is 2.27. The van der Waals surface area contributed by atoms with E-state index in [1.165, 1.54) is 7.11 Å². The zero-order valence-corrected chi connectivity index (χ0v) is 17.9. The van der Waals surface area contributed by atoms with Gasteiger partial charge in [-0.05, 0) is 30.2 Å². The van der Waals surface area contributed by atoms with Crippen LogP contribution >= 0.6 is 11.6 Å². The van der Waals surface area contributed by atoms with Crippen molar-refractivity contribution in [2.45, 2.75) is 25.8 Å². The van der Waals surface area contributed by atoms with Crippen LogP contribution in [-0.4, -0.2) is 39.1 Å². The van der Waals surface area contributed by atoms with Crippen LogP contribution in [0.5, 0.6) is 5.75 Å². The van der Waals surface area contributed by atoms with Crippen LogP contribution in [0.3, 0.4) is 0 Å². The minimum Gasteiger partial charge on any atom is -0.495 e. The van der Waals surface area contributed by atoms with Crippen LogP contribution in [0.15, 0.2) is 48.5 Å². The van der Waals surface area contributed by atoms with Crippen LogP contribution in [0.2, 0.25) is 5.02 Å². The molecule has 156 valence electrons. The van der Waals surface area contributed by atoms with E-state index in [4.69, 9.17) is 16.3 Å². The highest BCUT2D eigenvalue weighted by Gasteiger charge is 2.19. The molecule has 0 aliphatic carbocycles. The Labute approximate surface area is 177 Å². The number of carbonyl (C=O) groups is 2. The van der Waals surface area contributed by atoms with E-state index in [-0.39, 0.29) is 30.9 Å². The van der Waals surface area contributed by atoms with Crippen molar-refractivity contribution in [3.8, 4) is 5.75 Å². The summed E-state index contributed by atoms with van der Waals surface area (Å²) in [5.74, 6) is 0.227. The number of nitrogens with one attached hydrogen (secondary N) is 3. The number of quaternary nitrogens is 1. The standard InChI is InChI=1S/C22H28ClN3O3/c1-4-8-18(16-9-6-5-7-10-16)24-21(27)14-26(2)15-22(28)25-19-13-17(23)11-12-20(19)29-3/h5-7,9-13,18H,4,8,14-15H2,1-3H3,(H,24,27)(H,25,28)/p+1/t18-/m1/s1. The molecule has 7 heteroatoms. The van der Waals surface area contributed by atoms with E-state index in [2.05, 4.69) is 17.6 Å². The fourth-order valence-corrected chi connectivity index (χ4v) is 3.30. The van der Waals surface area contributed by atoms with Gasteiger partial charge in [0, 0.05) is 5.02 Å². The molecule has 2 aromatic rings. The molecule has 0 saturated carbocycles. The summed E-state index contributed by atoms with van der Waals surface area (Å²) in [6.07, 6.45) is 1.83. The normalized spacial score (nSPS) is 12.7. The molecule has 0 radical (unpaired) electrons. The molecule has 6 nitrogen and oxygen atoms in total. The topological polar surface area (TPSA) is 71.9 Å². The van der Waals surface area contributed by atoms with E-state index in [1.807, 2.05) is 37.4 Å². The first-order valence-corrected chi connectivity index (χ1v) is 10.1. The van der Waals surface area contributed by atoms with Gasteiger partial charge in [-0.1, -0.05) is 55.3 Å². The van der Waals surface area contributed by atoms with Gasteiger partial charge in [0.25, 0.3) is 11.8 Å². The van der Waals surface area contributed by atoms with E-state index >= 15 is 0 Å². The summed E-state index contributed by atoms with van der Waals surface area (Å²) in [5.41, 5.74) is 1.60. The third kappa shape index (κ3) is 7.40. The van der Waals surface area contributed by atoms with Gasteiger partial charge in [-0.25, -0.2) is 0 Å². The Morgan fingerprint density at radius 2 is 1.79 bits per heavy atom. The van der Waals surface area contributed by atoms with Crippen molar-refractivity contribution in [1.29, 1.82) is 0 Å². The third-order valence-electron chi connectivity index (χ3n) is 4.47. The zero-order chi connectivity index (χ0) is 21.2. The minimum atomic E-state index is -0.218. The molecule has 0 saturated heterocycles. The molecular weight excluding hydrogens is 390 g/mol. The first-order valence-electron chi connectivity index (χ1n) is 9.72. The van der Waals surface area contributed by atoms with Crippen molar-refractivity contribution in [3.05, 3.63) is 59.1 Å². The molecule has 0 spiro atoms. The summed E-state index contributed by atoms with van der Waals surface area (Å²) in [6.45, 7) is 2.44. The molecular formula is C22H29ClN3O3+. The number of hydrogen-bond donors (Lipinski definition) is 3. The Bertz CT molecular complexity index is 814. The fourth-order valence-electron chi connectivity index (χ4n) is 3.12. The lowest BCUT2D eigenvalue weighted by atomic mass is 10.0. The molecule has 0 bridgehead atoms. The van der Waals surface area contributed by atoms with Gasteiger partial charge in [0.1, 0.15) is 5.75 Å². The van der Waals surface area contributed by atoms with E-state index in [9.17, 15) is 9.59 Å². The number of likely N-dealkylation sites (N-methyl/N-ethyl adjacent to an activating group) is 1. The zero-order valence-electron chi connectivity index (χ0n) is 17.1. The Balaban J connectivity index is 1.89. The van der Waals surface area contributed by atoms with E-state index < -0.39 is 0 Å². The first kappa shape index (κ1) is 22.7. The molecule has 0 heterocycles. The lowest BCUT2D eigenvalue weighted by Crippen LogP contribution is -3.11. The molecule has 29 heavy (non-hydrogen) atoms. The van der Waals surface area contributed by atoms with Crippen molar-refractivity contribution in [1.82, 2.24) is 5.32 Å². The summed E-state index contributed by atoms with van der Waals surface area (Å²) >= 11 is 5.99. The van der Waals surface area contributed by atoms with Crippen molar-refractivity contribution < 1.29 is 19.2 Å². The van der Waals surface area contributed by atoms with Crippen LogP contribution in [0, 0.1) is 0 Å². The summed E-state index contributed by atoms with van der Waals surface area (Å²) in [5, 5.41) is 6.38. The molecule has 3 N–H and O–H groups in total. The van der Waals surface area contributed by atoms with Gasteiger partial charge >= 0.3 is 0 Å². The predicted octanol–water partition coefficient (Wildman–Crippen LogP) is 2.46. The molecule has 1 unspecified atom stereocenters. The van der Waals surface area contributed by atoms with Gasteiger partial charge in [-0.15, -0.1) is 0 Å². The number of methoxy groups -OCH3 is 1. The molecule has 0 aliphatic rings.